The maximum atomic E-state index is 13.1. The molecule has 176 valence electrons. The Balaban J connectivity index is 1.58. The van der Waals surface area contributed by atoms with E-state index in [-0.39, 0.29) is 17.8 Å². The molecule has 0 saturated heterocycles. The molecular formula is C23H28N4O4S2. The molecular weight excluding hydrogens is 460 g/mol. The molecule has 1 fully saturated rings. The Labute approximate surface area is 202 Å². The number of thiazole rings is 1. The zero-order chi connectivity index (χ0) is 23.6. The number of carbonyl (C=O) groups excluding carboxylic acids is 1. The van der Waals surface area contributed by atoms with E-state index >= 15 is 0 Å². The van der Waals surface area contributed by atoms with Crippen LogP contribution in [0.4, 0.5) is 9.93 Å². The highest BCUT2D eigenvalue weighted by Crippen LogP contribution is 2.30. The number of hydrogen-bond donors (Lipinski definition) is 2. The summed E-state index contributed by atoms with van der Waals surface area (Å²) in [6.07, 6.45) is 5.64. The van der Waals surface area contributed by atoms with Gasteiger partial charge in [-0.05, 0) is 43.2 Å². The van der Waals surface area contributed by atoms with E-state index in [4.69, 9.17) is 9.84 Å². The summed E-state index contributed by atoms with van der Waals surface area (Å²) in [7, 11) is 0. The van der Waals surface area contributed by atoms with Gasteiger partial charge in [0.1, 0.15) is 0 Å². The van der Waals surface area contributed by atoms with Gasteiger partial charge in [0.05, 0.1) is 41.0 Å². The first-order valence-electron chi connectivity index (χ1n) is 10.9. The minimum Gasteiger partial charge on any atom is -0.481 e. The zero-order valence-electron chi connectivity index (χ0n) is 18.5. The molecule has 2 N–H and O–H groups in total. The average Bonchev–Trinajstić information content (AvgIpc) is 3.26. The summed E-state index contributed by atoms with van der Waals surface area (Å²) in [5.74, 6) is -0.277. The molecule has 1 heterocycles. The average molecular weight is 489 g/mol. The molecule has 0 radical (unpaired) electrons. The summed E-state index contributed by atoms with van der Waals surface area (Å²) in [6, 6.07) is 9.41. The van der Waals surface area contributed by atoms with Crippen molar-refractivity contribution in [3.05, 3.63) is 41.6 Å². The van der Waals surface area contributed by atoms with Crippen LogP contribution in [0.5, 0.6) is 0 Å². The highest BCUT2D eigenvalue weighted by molar-refractivity contribution is 8.01. The number of carboxylic acid groups (broad SMARTS) is 1. The predicted octanol–water partition coefficient (Wildman–Crippen LogP) is 4.82. The molecule has 1 saturated carbocycles. The van der Waals surface area contributed by atoms with Crippen LogP contribution in [0.2, 0.25) is 0 Å². The molecule has 1 aromatic heterocycles. The number of urea groups is 1. The second-order valence-electron chi connectivity index (χ2n) is 8.03. The van der Waals surface area contributed by atoms with Crippen LogP contribution in [-0.4, -0.2) is 51.9 Å². The number of rotatable bonds is 10. The Morgan fingerprint density at radius 3 is 2.82 bits per heavy atom. The molecule has 1 aliphatic carbocycles. The molecule has 8 nitrogen and oxygen atoms in total. The minimum absolute atomic E-state index is 0.0474. The monoisotopic (exact) mass is 488 g/mol. The van der Waals surface area contributed by atoms with E-state index in [9.17, 15) is 14.9 Å². The Morgan fingerprint density at radius 1 is 1.33 bits per heavy atom. The fourth-order valence-electron chi connectivity index (χ4n) is 3.78. The molecule has 0 aliphatic heterocycles. The molecule has 1 aliphatic rings. The van der Waals surface area contributed by atoms with Crippen LogP contribution in [0.15, 0.2) is 34.7 Å². The quantitative estimate of drug-likeness (QED) is 0.364. The van der Waals surface area contributed by atoms with Crippen LogP contribution in [-0.2, 0) is 16.1 Å². The number of carbonyl (C=O) groups is 2. The van der Waals surface area contributed by atoms with Crippen LogP contribution >= 0.6 is 23.1 Å². The predicted molar refractivity (Wildman–Crippen MR) is 128 cm³/mol. The van der Waals surface area contributed by atoms with Crippen molar-refractivity contribution in [2.75, 3.05) is 24.2 Å². The summed E-state index contributed by atoms with van der Waals surface area (Å²) >= 11 is 2.44. The topological polar surface area (TPSA) is 116 Å². The van der Waals surface area contributed by atoms with Gasteiger partial charge in [-0.2, -0.15) is 5.26 Å². The Hall–Kier alpha value is -2.61. The summed E-state index contributed by atoms with van der Waals surface area (Å²) in [5, 5.41) is 21.4. The van der Waals surface area contributed by atoms with Gasteiger partial charge in [-0.1, -0.05) is 36.5 Å². The molecule has 2 aromatic rings. The van der Waals surface area contributed by atoms with Crippen molar-refractivity contribution in [1.29, 1.82) is 5.26 Å². The maximum absolute atomic E-state index is 13.1. The molecule has 0 bridgehead atoms. The van der Waals surface area contributed by atoms with E-state index in [1.807, 2.05) is 23.1 Å². The molecule has 10 heteroatoms. The third kappa shape index (κ3) is 7.74. The van der Waals surface area contributed by atoms with Gasteiger partial charge in [0.25, 0.3) is 0 Å². The van der Waals surface area contributed by atoms with E-state index in [1.54, 1.807) is 12.3 Å². The lowest BCUT2D eigenvalue weighted by atomic mass is 9.86. The number of hydrogen-bond acceptors (Lipinski definition) is 7. The van der Waals surface area contributed by atoms with Crippen LogP contribution in [0.3, 0.4) is 0 Å². The first-order valence-corrected chi connectivity index (χ1v) is 12.7. The fraction of sp³-hybridized carbons (Fsp3) is 0.478. The van der Waals surface area contributed by atoms with E-state index in [0.29, 0.717) is 36.4 Å². The number of amides is 2. The summed E-state index contributed by atoms with van der Waals surface area (Å²) in [6.45, 7) is 3.35. The van der Waals surface area contributed by atoms with Crippen molar-refractivity contribution < 1.29 is 19.4 Å². The summed E-state index contributed by atoms with van der Waals surface area (Å²) in [4.78, 5) is 29.9. The summed E-state index contributed by atoms with van der Waals surface area (Å²) in [5.41, 5.74) is 1.42. The number of carboxylic acids is 1. The highest BCUT2D eigenvalue weighted by Gasteiger charge is 2.28. The van der Waals surface area contributed by atoms with Crippen molar-refractivity contribution in [1.82, 2.24) is 9.88 Å². The molecule has 0 unspecified atom stereocenters. The summed E-state index contributed by atoms with van der Waals surface area (Å²) < 4.78 is 6.56. The first-order chi connectivity index (χ1) is 16.0. The van der Waals surface area contributed by atoms with E-state index in [2.05, 4.69) is 23.3 Å². The largest absolute Gasteiger partial charge is 0.481 e. The lowest BCUT2D eigenvalue weighted by Gasteiger charge is -2.36. The number of ether oxygens (including phenoxy) is 1. The normalized spacial score (nSPS) is 17.8. The van der Waals surface area contributed by atoms with Gasteiger partial charge in [-0.25, -0.2) is 9.78 Å². The lowest BCUT2D eigenvalue weighted by Crippen LogP contribution is -2.46. The number of nitriles is 1. The molecule has 1 aromatic carbocycles. The van der Waals surface area contributed by atoms with Gasteiger partial charge in [0, 0.05) is 12.6 Å². The van der Waals surface area contributed by atoms with Crippen molar-refractivity contribution in [2.24, 2.45) is 5.92 Å². The Bertz CT molecular complexity index is 983. The smallest absolute Gasteiger partial charge is 0.323 e. The molecule has 2 amide bonds. The third-order valence-electron chi connectivity index (χ3n) is 5.60. The fourth-order valence-corrected chi connectivity index (χ4v) is 5.37. The van der Waals surface area contributed by atoms with Crippen molar-refractivity contribution in [3.63, 3.8) is 0 Å². The number of benzene rings is 1. The number of nitrogens with one attached hydrogen (secondary N) is 1. The van der Waals surface area contributed by atoms with Crippen molar-refractivity contribution in [3.8, 4) is 6.07 Å². The van der Waals surface area contributed by atoms with Crippen LogP contribution < -0.4 is 5.32 Å². The van der Waals surface area contributed by atoms with E-state index in [0.717, 1.165) is 35.5 Å². The molecule has 0 spiro atoms. The van der Waals surface area contributed by atoms with Gasteiger partial charge in [0.15, 0.2) is 5.13 Å². The van der Waals surface area contributed by atoms with Crippen LogP contribution in [0, 0.1) is 17.2 Å². The lowest BCUT2D eigenvalue weighted by molar-refractivity contribution is -0.133. The van der Waals surface area contributed by atoms with Gasteiger partial charge >= 0.3 is 12.0 Å². The highest BCUT2D eigenvalue weighted by atomic mass is 32.2. The Kier molecular flexibility index (Phi) is 9.54. The number of nitrogens with zero attached hydrogens (tertiary/aromatic N) is 3. The Morgan fingerprint density at radius 2 is 2.09 bits per heavy atom. The zero-order valence-corrected chi connectivity index (χ0v) is 20.2. The van der Waals surface area contributed by atoms with E-state index < -0.39 is 5.97 Å². The number of aliphatic carboxylic acids is 1. The maximum Gasteiger partial charge on any atom is 0.323 e. The number of anilines is 1. The number of aromatic nitrogens is 1. The van der Waals surface area contributed by atoms with Crippen molar-refractivity contribution in [2.45, 2.75) is 49.5 Å². The SMILES string of the molecule is CC1CCC(N(CCOCc2ccccc2C#N)C(=O)Nc2ncc(SCC(=O)O)s2)CC1. The van der Waals surface area contributed by atoms with Crippen LogP contribution in [0.1, 0.15) is 43.7 Å². The molecule has 33 heavy (non-hydrogen) atoms. The van der Waals surface area contributed by atoms with E-state index in [1.165, 1.54) is 23.1 Å². The van der Waals surface area contributed by atoms with Gasteiger partial charge in [-0.15, -0.1) is 11.8 Å². The molecule has 0 atom stereocenters. The van der Waals surface area contributed by atoms with Crippen molar-refractivity contribution >= 4 is 40.2 Å². The van der Waals surface area contributed by atoms with Gasteiger partial charge in [-0.3, -0.25) is 10.1 Å². The first kappa shape index (κ1) is 25.0. The minimum atomic E-state index is -0.894. The van der Waals surface area contributed by atoms with Gasteiger partial charge in [0.2, 0.25) is 0 Å². The second kappa shape index (κ2) is 12.6. The molecule has 3 rings (SSSR count). The third-order valence-corrected chi connectivity index (χ3v) is 7.69. The second-order valence-corrected chi connectivity index (χ2v) is 10.3. The standard InChI is InChI=1S/C23H28N4O4S2/c1-16-6-8-19(9-7-16)27(10-11-31-14-18-5-3-2-4-17(18)12-24)23(30)26-22-25-13-21(33-22)32-15-20(28)29/h2-5,13,16,19H,6-11,14-15H2,1H3,(H,28,29)(H,25,26,30). The van der Waals surface area contributed by atoms with Crippen LogP contribution in [0.25, 0.3) is 0 Å². The van der Waals surface area contributed by atoms with Gasteiger partial charge < -0.3 is 14.7 Å². The number of thioether (sulfide) groups is 1.